The zero-order valence-electron chi connectivity index (χ0n) is 17.1. The van der Waals surface area contributed by atoms with Crippen molar-refractivity contribution in [1.82, 2.24) is 20.0 Å². The largest absolute Gasteiger partial charge is 0.442 e. The lowest BCUT2D eigenvalue weighted by molar-refractivity contribution is -0.384. The number of nitro groups is 1. The second-order valence-corrected chi connectivity index (χ2v) is 8.98. The number of nitro benzene ring substituents is 1. The van der Waals surface area contributed by atoms with Gasteiger partial charge in [0.25, 0.3) is 5.69 Å². The molecule has 0 saturated heterocycles. The molecule has 0 aliphatic rings. The van der Waals surface area contributed by atoms with Gasteiger partial charge in [0, 0.05) is 29.5 Å². The monoisotopic (exact) mass is 437 g/mol. The molecule has 0 spiro atoms. The standard InChI is InChI=1S/C21H19N5O4S/c1-21(2,3)30-20(27)25-17-8-7-13(9-15(17)12-22-25)10-18-23-24-19(31-18)14-5-4-6-16(11-14)26(28)29/h4-9,11-12H,10H2,1-3H3. The molecular formula is C21H19N5O4S. The fourth-order valence-corrected chi connectivity index (χ4v) is 3.88. The van der Waals surface area contributed by atoms with E-state index in [0.29, 0.717) is 22.5 Å². The van der Waals surface area contributed by atoms with Crippen LogP contribution >= 0.6 is 11.3 Å². The number of fused-ring (bicyclic) bond motifs is 1. The van der Waals surface area contributed by atoms with Crippen LogP contribution in [0.4, 0.5) is 10.5 Å². The van der Waals surface area contributed by atoms with E-state index in [9.17, 15) is 14.9 Å². The van der Waals surface area contributed by atoms with Crippen LogP contribution in [0.15, 0.2) is 48.7 Å². The molecule has 2 aromatic heterocycles. The predicted octanol–water partition coefficient (Wildman–Crippen LogP) is 4.84. The number of hydrogen-bond donors (Lipinski definition) is 0. The van der Waals surface area contributed by atoms with Crippen LogP contribution in [-0.4, -0.2) is 36.6 Å². The van der Waals surface area contributed by atoms with Crippen LogP contribution in [0.3, 0.4) is 0 Å². The van der Waals surface area contributed by atoms with E-state index >= 15 is 0 Å². The van der Waals surface area contributed by atoms with E-state index in [-0.39, 0.29) is 5.69 Å². The highest BCUT2D eigenvalue weighted by molar-refractivity contribution is 7.14. The van der Waals surface area contributed by atoms with Gasteiger partial charge in [-0.3, -0.25) is 10.1 Å². The van der Waals surface area contributed by atoms with E-state index in [2.05, 4.69) is 15.3 Å². The molecule has 0 fully saturated rings. The summed E-state index contributed by atoms with van der Waals surface area (Å²) in [5, 5.41) is 25.8. The number of hydrogen-bond acceptors (Lipinski definition) is 8. The summed E-state index contributed by atoms with van der Waals surface area (Å²) in [5.41, 5.74) is 1.71. The first-order valence-electron chi connectivity index (χ1n) is 9.47. The fourth-order valence-electron chi connectivity index (χ4n) is 3.01. The number of non-ortho nitro benzene ring substituents is 1. The van der Waals surface area contributed by atoms with Crippen LogP contribution in [0.1, 0.15) is 31.3 Å². The number of carbonyl (C=O) groups excluding carboxylic acids is 1. The van der Waals surface area contributed by atoms with Crippen LogP contribution in [0.5, 0.6) is 0 Å². The summed E-state index contributed by atoms with van der Waals surface area (Å²) < 4.78 is 6.63. The lowest BCUT2D eigenvalue weighted by Crippen LogP contribution is -2.27. The van der Waals surface area contributed by atoms with Crippen molar-refractivity contribution in [2.75, 3.05) is 0 Å². The molecule has 158 valence electrons. The molecule has 0 radical (unpaired) electrons. The highest BCUT2D eigenvalue weighted by Crippen LogP contribution is 2.28. The number of benzene rings is 2. The quantitative estimate of drug-likeness (QED) is 0.332. The zero-order valence-corrected chi connectivity index (χ0v) is 17.9. The topological polar surface area (TPSA) is 113 Å². The Morgan fingerprint density at radius 2 is 2.00 bits per heavy atom. The Bertz CT molecular complexity index is 1290. The van der Waals surface area contributed by atoms with Gasteiger partial charge in [-0.05, 0) is 38.5 Å². The summed E-state index contributed by atoms with van der Waals surface area (Å²) in [5.74, 6) is 0. The molecule has 0 saturated carbocycles. The van der Waals surface area contributed by atoms with E-state index in [0.717, 1.165) is 16.0 Å². The van der Waals surface area contributed by atoms with E-state index in [4.69, 9.17) is 4.74 Å². The number of ether oxygens (including phenoxy) is 1. The Morgan fingerprint density at radius 1 is 1.19 bits per heavy atom. The maximum absolute atomic E-state index is 12.3. The van der Waals surface area contributed by atoms with Crippen LogP contribution in [0.2, 0.25) is 0 Å². The lowest BCUT2D eigenvalue weighted by Gasteiger charge is -2.19. The number of nitrogens with zero attached hydrogens (tertiary/aromatic N) is 5. The van der Waals surface area contributed by atoms with Gasteiger partial charge in [0.1, 0.15) is 15.6 Å². The van der Waals surface area contributed by atoms with Gasteiger partial charge in [0.05, 0.1) is 16.6 Å². The van der Waals surface area contributed by atoms with Crippen molar-refractivity contribution in [3.8, 4) is 10.6 Å². The molecule has 9 nitrogen and oxygen atoms in total. The highest BCUT2D eigenvalue weighted by Gasteiger charge is 2.20. The molecular weight excluding hydrogens is 418 g/mol. The van der Waals surface area contributed by atoms with E-state index in [1.807, 2.05) is 18.2 Å². The van der Waals surface area contributed by atoms with Gasteiger partial charge < -0.3 is 4.74 Å². The van der Waals surface area contributed by atoms with E-state index in [1.165, 1.54) is 28.2 Å². The molecule has 0 aliphatic heterocycles. The average Bonchev–Trinajstić information content (AvgIpc) is 3.33. The predicted molar refractivity (Wildman–Crippen MR) is 116 cm³/mol. The number of carbonyl (C=O) groups is 1. The molecule has 10 heteroatoms. The minimum Gasteiger partial charge on any atom is -0.442 e. The van der Waals surface area contributed by atoms with Gasteiger partial charge >= 0.3 is 6.09 Å². The van der Waals surface area contributed by atoms with Crippen LogP contribution in [-0.2, 0) is 11.2 Å². The highest BCUT2D eigenvalue weighted by atomic mass is 32.1. The summed E-state index contributed by atoms with van der Waals surface area (Å²) in [4.78, 5) is 22.9. The smallest absolute Gasteiger partial charge is 0.435 e. The lowest BCUT2D eigenvalue weighted by atomic mass is 10.1. The van der Waals surface area contributed by atoms with Gasteiger partial charge in [-0.15, -0.1) is 10.2 Å². The van der Waals surface area contributed by atoms with Crippen LogP contribution < -0.4 is 0 Å². The van der Waals surface area contributed by atoms with E-state index < -0.39 is 16.6 Å². The third-order valence-electron chi connectivity index (χ3n) is 4.32. The molecule has 0 bridgehead atoms. The molecule has 0 atom stereocenters. The van der Waals surface area contributed by atoms with Gasteiger partial charge in [0.2, 0.25) is 0 Å². The minimum atomic E-state index is -0.607. The first-order chi connectivity index (χ1) is 14.7. The molecule has 2 heterocycles. The number of aromatic nitrogens is 4. The molecule has 0 amide bonds. The van der Waals surface area contributed by atoms with Crippen LogP contribution in [0, 0.1) is 10.1 Å². The Morgan fingerprint density at radius 3 is 2.74 bits per heavy atom. The van der Waals surface area contributed by atoms with Crippen LogP contribution in [0.25, 0.3) is 21.5 Å². The molecule has 31 heavy (non-hydrogen) atoms. The first kappa shape index (κ1) is 20.6. The SMILES string of the molecule is CC(C)(C)OC(=O)n1ncc2cc(Cc3nnc(-c4cccc([N+](=O)[O-])c4)s3)ccc21. The van der Waals surface area contributed by atoms with Crippen molar-refractivity contribution < 1.29 is 14.5 Å². The summed E-state index contributed by atoms with van der Waals surface area (Å²) >= 11 is 1.38. The second kappa shape index (κ2) is 7.88. The van der Waals surface area contributed by atoms with Gasteiger partial charge in [-0.1, -0.05) is 29.5 Å². The zero-order chi connectivity index (χ0) is 22.2. The maximum atomic E-state index is 12.3. The fraction of sp³-hybridized carbons (Fsp3) is 0.238. The van der Waals surface area contributed by atoms with Crippen molar-refractivity contribution in [3.63, 3.8) is 0 Å². The Labute approximate surface area is 181 Å². The first-order valence-corrected chi connectivity index (χ1v) is 10.3. The third kappa shape index (κ3) is 4.58. The molecule has 0 unspecified atom stereocenters. The van der Waals surface area contributed by atoms with Crippen molar-refractivity contribution in [1.29, 1.82) is 0 Å². The Balaban J connectivity index is 1.54. The maximum Gasteiger partial charge on any atom is 0.435 e. The average molecular weight is 437 g/mol. The normalized spacial score (nSPS) is 11.6. The minimum absolute atomic E-state index is 0.0155. The molecule has 0 N–H and O–H groups in total. The van der Waals surface area contributed by atoms with Gasteiger partial charge in [0.15, 0.2) is 0 Å². The Hall–Kier alpha value is -3.66. The van der Waals surface area contributed by atoms with E-state index in [1.54, 1.807) is 39.1 Å². The molecule has 4 aromatic rings. The number of rotatable bonds is 4. The van der Waals surface area contributed by atoms with Gasteiger partial charge in [-0.2, -0.15) is 9.78 Å². The van der Waals surface area contributed by atoms with Crippen molar-refractivity contribution in [3.05, 3.63) is 69.3 Å². The molecule has 4 rings (SSSR count). The van der Waals surface area contributed by atoms with Gasteiger partial charge in [-0.25, -0.2) is 4.79 Å². The summed E-state index contributed by atoms with van der Waals surface area (Å²) in [6.07, 6.45) is 1.64. The van der Waals surface area contributed by atoms with Crippen molar-refractivity contribution in [2.45, 2.75) is 32.8 Å². The molecule has 2 aromatic carbocycles. The Kier molecular flexibility index (Phi) is 5.24. The molecule has 0 aliphatic carbocycles. The van der Waals surface area contributed by atoms with Crippen molar-refractivity contribution >= 4 is 34.0 Å². The van der Waals surface area contributed by atoms with Crippen molar-refractivity contribution in [2.24, 2.45) is 0 Å². The second-order valence-electron chi connectivity index (χ2n) is 7.92. The summed E-state index contributed by atoms with van der Waals surface area (Å²) in [6.45, 7) is 5.41. The summed E-state index contributed by atoms with van der Waals surface area (Å²) in [6, 6.07) is 12.0. The third-order valence-corrected chi connectivity index (χ3v) is 5.30. The summed E-state index contributed by atoms with van der Waals surface area (Å²) in [7, 11) is 0.